The minimum atomic E-state index is -4.73. The van der Waals surface area contributed by atoms with E-state index < -0.39 is 17.6 Å². The van der Waals surface area contributed by atoms with Crippen LogP contribution in [0.5, 0.6) is 28.7 Å². The lowest BCUT2D eigenvalue weighted by molar-refractivity contribution is -0.144. The molecule has 0 bridgehead atoms. The summed E-state index contributed by atoms with van der Waals surface area (Å²) in [5, 5.41) is 14.7. The number of aromatic nitrogens is 2. The molecule has 3 aromatic carbocycles. The van der Waals surface area contributed by atoms with Crippen molar-refractivity contribution in [1.82, 2.24) is 9.78 Å². The molecule has 0 fully saturated rings. The molecule has 0 radical (unpaired) electrons. The van der Waals surface area contributed by atoms with E-state index in [0.29, 0.717) is 16.2 Å². The number of phenols is 1. The Bertz CT molecular complexity index is 1330. The second-order valence-electron chi connectivity index (χ2n) is 8.06. The molecule has 0 spiro atoms. The van der Waals surface area contributed by atoms with Crippen molar-refractivity contribution in [3.05, 3.63) is 83.6 Å². The quantitative estimate of drug-likeness (QED) is 0.291. The van der Waals surface area contributed by atoms with Gasteiger partial charge in [0.2, 0.25) is 0 Å². The van der Waals surface area contributed by atoms with E-state index in [1.807, 2.05) is 19.1 Å². The molecule has 1 N–H and O–H groups in total. The lowest BCUT2D eigenvalue weighted by Crippen LogP contribution is -2.12. The average molecular weight is 499 g/mol. The number of aromatic hydroxyl groups is 1. The van der Waals surface area contributed by atoms with Crippen molar-refractivity contribution in [2.75, 3.05) is 7.11 Å². The summed E-state index contributed by atoms with van der Waals surface area (Å²) in [4.78, 5) is 0. The van der Waals surface area contributed by atoms with Gasteiger partial charge in [-0.2, -0.15) is 18.3 Å². The number of halogens is 3. The highest BCUT2D eigenvalue weighted by molar-refractivity contribution is 5.74. The summed E-state index contributed by atoms with van der Waals surface area (Å²) in [5.41, 5.74) is 0.786. The molecule has 0 saturated heterocycles. The summed E-state index contributed by atoms with van der Waals surface area (Å²) >= 11 is 0. The Balaban J connectivity index is 1.64. The highest BCUT2D eigenvalue weighted by Gasteiger charge is 2.41. The highest BCUT2D eigenvalue weighted by atomic mass is 19.4. The van der Waals surface area contributed by atoms with Crippen molar-refractivity contribution in [2.24, 2.45) is 7.05 Å². The van der Waals surface area contributed by atoms with Crippen LogP contribution in [0.2, 0.25) is 0 Å². The lowest BCUT2D eigenvalue weighted by Gasteiger charge is -2.13. The Morgan fingerprint density at radius 1 is 0.889 bits per heavy atom. The summed E-state index contributed by atoms with van der Waals surface area (Å²) in [5.74, 6) is 0.507. The zero-order valence-electron chi connectivity index (χ0n) is 20.0. The number of hydrogen-bond donors (Lipinski definition) is 1. The standard InChI is InChI=1S/C27H25F3N2O4/c1-4-17-5-11-20(12-6-17)36-25-24(31-32(2)26(25)27(28,29)30)22-14-13-21(15-23(22)33)35-16-18-7-9-19(34-3)10-8-18/h5-15,33H,4,16H2,1-3H3. The van der Waals surface area contributed by atoms with Crippen molar-refractivity contribution in [3.63, 3.8) is 0 Å². The summed E-state index contributed by atoms with van der Waals surface area (Å²) < 4.78 is 59.0. The van der Waals surface area contributed by atoms with Gasteiger partial charge in [-0.1, -0.05) is 31.2 Å². The smallest absolute Gasteiger partial charge is 0.436 e. The molecule has 4 rings (SSSR count). The third-order valence-corrected chi connectivity index (χ3v) is 5.61. The molecule has 1 aromatic heterocycles. The third kappa shape index (κ3) is 5.40. The van der Waals surface area contributed by atoms with E-state index in [9.17, 15) is 18.3 Å². The Morgan fingerprint density at radius 2 is 1.50 bits per heavy atom. The van der Waals surface area contributed by atoms with Gasteiger partial charge in [0.1, 0.15) is 35.3 Å². The number of aryl methyl sites for hydroxylation is 2. The second-order valence-corrected chi connectivity index (χ2v) is 8.06. The van der Waals surface area contributed by atoms with Gasteiger partial charge in [-0.3, -0.25) is 4.68 Å². The number of alkyl halides is 3. The Hall–Kier alpha value is -4.14. The van der Waals surface area contributed by atoms with Gasteiger partial charge in [0, 0.05) is 18.7 Å². The van der Waals surface area contributed by atoms with Crippen molar-refractivity contribution in [2.45, 2.75) is 26.1 Å². The van der Waals surface area contributed by atoms with Gasteiger partial charge < -0.3 is 19.3 Å². The van der Waals surface area contributed by atoms with Crippen molar-refractivity contribution >= 4 is 0 Å². The maximum atomic E-state index is 13.9. The van der Waals surface area contributed by atoms with E-state index in [1.54, 1.807) is 49.6 Å². The van der Waals surface area contributed by atoms with Crippen molar-refractivity contribution in [3.8, 4) is 40.0 Å². The van der Waals surface area contributed by atoms with Crippen LogP contribution in [-0.4, -0.2) is 22.0 Å². The molecular formula is C27H25F3N2O4. The van der Waals surface area contributed by atoms with Crippen molar-refractivity contribution < 1.29 is 32.5 Å². The minimum Gasteiger partial charge on any atom is -0.507 e. The van der Waals surface area contributed by atoms with Crippen LogP contribution in [0, 0.1) is 0 Å². The zero-order valence-corrected chi connectivity index (χ0v) is 20.0. The maximum Gasteiger partial charge on any atom is 0.436 e. The van der Waals surface area contributed by atoms with Crippen LogP contribution in [0.25, 0.3) is 11.3 Å². The van der Waals surface area contributed by atoms with E-state index in [-0.39, 0.29) is 29.4 Å². The fourth-order valence-corrected chi connectivity index (χ4v) is 3.69. The van der Waals surface area contributed by atoms with E-state index >= 15 is 0 Å². The van der Waals surface area contributed by atoms with Gasteiger partial charge >= 0.3 is 6.18 Å². The summed E-state index contributed by atoms with van der Waals surface area (Å²) in [7, 11) is 2.76. The first-order valence-electron chi connectivity index (χ1n) is 11.2. The molecule has 0 aliphatic carbocycles. The van der Waals surface area contributed by atoms with Crippen LogP contribution in [0.15, 0.2) is 66.7 Å². The molecule has 4 aromatic rings. The van der Waals surface area contributed by atoms with Gasteiger partial charge in [0.25, 0.3) is 0 Å². The summed E-state index contributed by atoms with van der Waals surface area (Å²) in [6.45, 7) is 2.21. The van der Waals surface area contributed by atoms with Gasteiger partial charge in [0.05, 0.1) is 7.11 Å². The molecule has 36 heavy (non-hydrogen) atoms. The van der Waals surface area contributed by atoms with Gasteiger partial charge in [0.15, 0.2) is 11.4 Å². The molecule has 188 valence electrons. The van der Waals surface area contributed by atoms with Crippen molar-refractivity contribution in [1.29, 1.82) is 0 Å². The monoisotopic (exact) mass is 498 g/mol. The van der Waals surface area contributed by atoms with E-state index in [1.165, 1.54) is 19.2 Å². The number of ether oxygens (including phenoxy) is 3. The average Bonchev–Trinajstić information content (AvgIpc) is 3.19. The Kier molecular flexibility index (Phi) is 7.10. The number of hydrogen-bond acceptors (Lipinski definition) is 5. The van der Waals surface area contributed by atoms with Crippen LogP contribution in [0.4, 0.5) is 13.2 Å². The predicted octanol–water partition coefficient (Wildman–Crippen LogP) is 6.75. The van der Waals surface area contributed by atoms with Gasteiger partial charge in [-0.25, -0.2) is 0 Å². The Labute approximate surface area is 206 Å². The van der Waals surface area contributed by atoms with Crippen LogP contribution in [0.3, 0.4) is 0 Å². The predicted molar refractivity (Wildman–Crippen MR) is 129 cm³/mol. The first kappa shape index (κ1) is 25.0. The fourth-order valence-electron chi connectivity index (χ4n) is 3.69. The summed E-state index contributed by atoms with van der Waals surface area (Å²) in [6, 6.07) is 18.4. The number of benzene rings is 3. The molecule has 0 amide bonds. The first-order chi connectivity index (χ1) is 17.2. The van der Waals surface area contributed by atoms with Crippen LogP contribution < -0.4 is 14.2 Å². The Morgan fingerprint density at radius 3 is 2.08 bits per heavy atom. The van der Waals surface area contributed by atoms with Gasteiger partial charge in [-0.15, -0.1) is 0 Å². The maximum absolute atomic E-state index is 13.9. The first-order valence-corrected chi connectivity index (χ1v) is 11.2. The van der Waals surface area contributed by atoms with Gasteiger partial charge in [-0.05, 0) is 53.9 Å². The second kappa shape index (κ2) is 10.2. The summed E-state index contributed by atoms with van der Waals surface area (Å²) in [6.07, 6.45) is -3.94. The van der Waals surface area contributed by atoms with Crippen LogP contribution in [-0.2, 0) is 26.3 Å². The van der Waals surface area contributed by atoms with E-state index in [2.05, 4.69) is 5.10 Å². The largest absolute Gasteiger partial charge is 0.507 e. The van der Waals surface area contributed by atoms with Crippen LogP contribution in [0.1, 0.15) is 23.7 Å². The normalized spacial score (nSPS) is 11.4. The number of phenolic OH excluding ortho intramolecular Hbond substituents is 1. The minimum absolute atomic E-state index is 0.0816. The molecule has 0 aliphatic heterocycles. The van der Waals surface area contributed by atoms with Crippen LogP contribution >= 0.6 is 0 Å². The molecule has 6 nitrogen and oxygen atoms in total. The lowest BCUT2D eigenvalue weighted by atomic mass is 10.1. The topological polar surface area (TPSA) is 65.7 Å². The highest BCUT2D eigenvalue weighted by Crippen LogP contribution is 2.46. The van der Waals surface area contributed by atoms with E-state index in [0.717, 1.165) is 17.5 Å². The number of nitrogens with zero attached hydrogens (tertiary/aromatic N) is 2. The SMILES string of the molecule is CCc1ccc(Oc2c(-c3ccc(OCc4ccc(OC)cc4)cc3O)nn(C)c2C(F)(F)F)cc1. The molecule has 1 heterocycles. The number of rotatable bonds is 8. The molecule has 0 atom stereocenters. The fraction of sp³-hybridized carbons (Fsp3) is 0.222. The molecular weight excluding hydrogens is 473 g/mol. The molecule has 0 aliphatic rings. The van der Waals surface area contributed by atoms with E-state index in [4.69, 9.17) is 14.2 Å². The molecule has 0 unspecified atom stereocenters. The molecule has 9 heteroatoms. The molecule has 0 saturated carbocycles. The zero-order chi connectivity index (χ0) is 25.9. The third-order valence-electron chi connectivity index (χ3n) is 5.61. The number of methoxy groups -OCH3 is 1.